The Morgan fingerprint density at radius 2 is 1.94 bits per heavy atom. The number of nitrogens with one attached hydrogen (secondary N) is 1. The second kappa shape index (κ2) is 5.01. The summed E-state index contributed by atoms with van der Waals surface area (Å²) < 4.78 is 4.60. The molecule has 0 aliphatic heterocycles. The molecular formula is C13H19NO2. The fraction of sp³-hybridized carbons (Fsp3) is 0.462. The van der Waals surface area contributed by atoms with E-state index in [4.69, 9.17) is 0 Å². The van der Waals surface area contributed by atoms with Crippen LogP contribution in [0.4, 0.5) is 5.69 Å². The van der Waals surface area contributed by atoms with Gasteiger partial charge in [0.05, 0.1) is 7.11 Å². The fourth-order valence-corrected chi connectivity index (χ4v) is 1.53. The van der Waals surface area contributed by atoms with Crippen molar-refractivity contribution in [1.29, 1.82) is 0 Å². The zero-order valence-corrected chi connectivity index (χ0v) is 10.3. The molecule has 0 atom stereocenters. The molecular weight excluding hydrogens is 202 g/mol. The van der Waals surface area contributed by atoms with Gasteiger partial charge >= 0.3 is 5.97 Å². The largest absolute Gasteiger partial charge is 0.468 e. The van der Waals surface area contributed by atoms with Crippen LogP contribution in [0.25, 0.3) is 0 Å². The Hall–Kier alpha value is -1.51. The molecule has 16 heavy (non-hydrogen) atoms. The monoisotopic (exact) mass is 221 g/mol. The van der Waals surface area contributed by atoms with Gasteiger partial charge in [-0.2, -0.15) is 0 Å². The number of carbonyl (C=O) groups is 1. The van der Waals surface area contributed by atoms with Gasteiger partial charge in [0, 0.05) is 5.69 Å². The second-order valence-corrected chi connectivity index (χ2v) is 4.73. The third-order valence-electron chi connectivity index (χ3n) is 2.39. The minimum Gasteiger partial charge on any atom is -0.468 e. The van der Waals surface area contributed by atoms with Crippen LogP contribution in [-0.4, -0.2) is 19.6 Å². The maximum absolute atomic E-state index is 11.1. The van der Waals surface area contributed by atoms with Crippen LogP contribution in [0.5, 0.6) is 0 Å². The predicted octanol–water partition coefficient (Wildman–Crippen LogP) is 2.57. The lowest BCUT2D eigenvalue weighted by atomic mass is 9.86. The van der Waals surface area contributed by atoms with Gasteiger partial charge in [-0.3, -0.25) is 4.79 Å². The molecule has 88 valence electrons. The summed E-state index contributed by atoms with van der Waals surface area (Å²) in [5.41, 5.74) is 2.24. The van der Waals surface area contributed by atoms with E-state index >= 15 is 0 Å². The zero-order chi connectivity index (χ0) is 12.2. The number of hydrogen-bond donors (Lipinski definition) is 1. The van der Waals surface area contributed by atoms with Gasteiger partial charge in [-0.15, -0.1) is 0 Å². The van der Waals surface area contributed by atoms with Gasteiger partial charge in [-0.05, 0) is 17.0 Å². The summed E-state index contributed by atoms with van der Waals surface area (Å²) in [5, 5.41) is 3.10. The van der Waals surface area contributed by atoms with Gasteiger partial charge < -0.3 is 10.1 Å². The van der Waals surface area contributed by atoms with Gasteiger partial charge in [0.25, 0.3) is 0 Å². The van der Waals surface area contributed by atoms with Crippen molar-refractivity contribution in [2.45, 2.75) is 26.2 Å². The Kier molecular flexibility index (Phi) is 3.93. The number of benzene rings is 1. The van der Waals surface area contributed by atoms with Gasteiger partial charge in [-0.25, -0.2) is 0 Å². The normalized spacial score (nSPS) is 11.0. The van der Waals surface area contributed by atoms with Crippen molar-refractivity contribution in [2.24, 2.45) is 0 Å². The maximum atomic E-state index is 11.1. The van der Waals surface area contributed by atoms with Crippen LogP contribution in [-0.2, 0) is 14.9 Å². The molecule has 0 fully saturated rings. The molecule has 0 amide bonds. The average molecular weight is 221 g/mol. The molecule has 3 heteroatoms. The molecule has 1 rings (SSSR count). The third kappa shape index (κ3) is 3.26. The van der Waals surface area contributed by atoms with Gasteiger partial charge in [-0.1, -0.05) is 39.0 Å². The SMILES string of the molecule is COC(=O)CNc1ccccc1C(C)(C)C. The molecule has 0 radical (unpaired) electrons. The number of rotatable bonds is 3. The molecule has 0 saturated heterocycles. The Labute approximate surface area is 96.8 Å². The van der Waals surface area contributed by atoms with Crippen molar-refractivity contribution in [1.82, 2.24) is 0 Å². The first kappa shape index (κ1) is 12.6. The summed E-state index contributed by atoms with van der Waals surface area (Å²) in [5.74, 6) is -0.260. The van der Waals surface area contributed by atoms with Crippen LogP contribution in [0, 0.1) is 0 Å². The van der Waals surface area contributed by atoms with Gasteiger partial charge in [0.15, 0.2) is 0 Å². The lowest BCUT2D eigenvalue weighted by Crippen LogP contribution is -2.19. The van der Waals surface area contributed by atoms with Crippen molar-refractivity contribution in [3.8, 4) is 0 Å². The van der Waals surface area contributed by atoms with Crippen LogP contribution < -0.4 is 5.32 Å². The topological polar surface area (TPSA) is 38.3 Å². The molecule has 1 aromatic carbocycles. The summed E-state index contributed by atoms with van der Waals surface area (Å²) >= 11 is 0. The van der Waals surface area contributed by atoms with Crippen molar-refractivity contribution >= 4 is 11.7 Å². The van der Waals surface area contributed by atoms with Crippen molar-refractivity contribution in [3.05, 3.63) is 29.8 Å². The highest BCUT2D eigenvalue weighted by molar-refractivity contribution is 5.75. The van der Waals surface area contributed by atoms with Crippen LogP contribution in [0.15, 0.2) is 24.3 Å². The highest BCUT2D eigenvalue weighted by atomic mass is 16.5. The van der Waals surface area contributed by atoms with E-state index in [1.54, 1.807) is 0 Å². The Morgan fingerprint density at radius 1 is 1.31 bits per heavy atom. The number of methoxy groups -OCH3 is 1. The molecule has 1 aromatic rings. The first-order valence-corrected chi connectivity index (χ1v) is 5.35. The molecule has 0 aliphatic carbocycles. The highest BCUT2D eigenvalue weighted by Gasteiger charge is 2.17. The second-order valence-electron chi connectivity index (χ2n) is 4.73. The van der Waals surface area contributed by atoms with Crippen LogP contribution >= 0.6 is 0 Å². The van der Waals surface area contributed by atoms with E-state index in [-0.39, 0.29) is 17.9 Å². The van der Waals surface area contributed by atoms with Gasteiger partial charge in [0.1, 0.15) is 6.54 Å². The van der Waals surface area contributed by atoms with E-state index in [1.165, 1.54) is 12.7 Å². The molecule has 0 spiro atoms. The van der Waals surface area contributed by atoms with E-state index in [2.05, 4.69) is 36.9 Å². The number of esters is 1. The van der Waals surface area contributed by atoms with Crippen molar-refractivity contribution in [2.75, 3.05) is 19.0 Å². The summed E-state index contributed by atoms with van der Waals surface area (Å²) in [4.78, 5) is 11.1. The van der Waals surface area contributed by atoms with E-state index in [0.29, 0.717) is 0 Å². The molecule has 0 aliphatic rings. The first-order valence-electron chi connectivity index (χ1n) is 5.35. The number of carbonyl (C=O) groups excluding carboxylic acids is 1. The summed E-state index contributed by atoms with van der Waals surface area (Å²) in [6.45, 7) is 6.63. The average Bonchev–Trinajstić information content (AvgIpc) is 2.25. The molecule has 3 nitrogen and oxygen atoms in total. The standard InChI is InChI=1S/C13H19NO2/c1-13(2,3)10-7-5-6-8-11(10)14-9-12(15)16-4/h5-8,14H,9H2,1-4H3. The van der Waals surface area contributed by atoms with Crippen molar-refractivity contribution < 1.29 is 9.53 Å². The number of anilines is 1. The minimum absolute atomic E-state index is 0.0553. The van der Waals surface area contributed by atoms with E-state index in [0.717, 1.165) is 5.69 Å². The molecule has 0 saturated carbocycles. The Balaban J connectivity index is 2.84. The molecule has 1 N–H and O–H groups in total. The Bertz CT molecular complexity index is 366. The van der Waals surface area contributed by atoms with Crippen LogP contribution in [0.1, 0.15) is 26.3 Å². The lowest BCUT2D eigenvalue weighted by Gasteiger charge is -2.23. The zero-order valence-electron chi connectivity index (χ0n) is 10.3. The van der Waals surface area contributed by atoms with E-state index in [1.807, 2.05) is 18.2 Å². The number of para-hydroxylation sites is 1. The first-order chi connectivity index (χ1) is 7.45. The van der Waals surface area contributed by atoms with Gasteiger partial charge in [0.2, 0.25) is 0 Å². The van der Waals surface area contributed by atoms with E-state index in [9.17, 15) is 4.79 Å². The summed E-state index contributed by atoms with van der Waals surface area (Å²) in [6.07, 6.45) is 0. The Morgan fingerprint density at radius 3 is 2.50 bits per heavy atom. The lowest BCUT2D eigenvalue weighted by molar-refractivity contribution is -0.138. The molecule has 0 heterocycles. The summed E-state index contributed by atoms with van der Waals surface area (Å²) in [6, 6.07) is 8.00. The van der Waals surface area contributed by atoms with Crippen LogP contribution in [0.2, 0.25) is 0 Å². The fourth-order valence-electron chi connectivity index (χ4n) is 1.53. The third-order valence-corrected chi connectivity index (χ3v) is 2.39. The van der Waals surface area contributed by atoms with E-state index < -0.39 is 0 Å². The summed E-state index contributed by atoms with van der Waals surface area (Å²) in [7, 11) is 1.39. The minimum atomic E-state index is -0.260. The van der Waals surface area contributed by atoms with Crippen molar-refractivity contribution in [3.63, 3.8) is 0 Å². The molecule has 0 aromatic heterocycles. The number of hydrogen-bond acceptors (Lipinski definition) is 3. The highest BCUT2D eigenvalue weighted by Crippen LogP contribution is 2.28. The quantitative estimate of drug-likeness (QED) is 0.797. The molecule has 0 bridgehead atoms. The number of ether oxygens (including phenoxy) is 1. The maximum Gasteiger partial charge on any atom is 0.325 e. The molecule has 0 unspecified atom stereocenters. The van der Waals surface area contributed by atoms with Crippen LogP contribution in [0.3, 0.4) is 0 Å². The predicted molar refractivity (Wildman–Crippen MR) is 65.6 cm³/mol. The smallest absolute Gasteiger partial charge is 0.325 e.